The van der Waals surface area contributed by atoms with Crippen LogP contribution in [0.2, 0.25) is 0 Å². The fraction of sp³-hybridized carbons (Fsp3) is 0.579. The smallest absolute Gasteiger partial charge is 0.274 e. The average molecular weight is 353 g/mol. The molecule has 0 unspecified atom stereocenters. The van der Waals surface area contributed by atoms with Crippen molar-refractivity contribution in [3.05, 3.63) is 40.2 Å². The first-order valence-corrected chi connectivity index (χ1v) is 9.46. The number of hydrogen-bond acceptors (Lipinski definition) is 5. The molecule has 2 aromatic heterocycles. The number of hydrogen-bond donors (Lipinski definition) is 1. The lowest BCUT2D eigenvalue weighted by Gasteiger charge is -2.29. The van der Waals surface area contributed by atoms with Crippen molar-refractivity contribution in [3.8, 4) is 0 Å². The number of aromatic nitrogens is 4. The quantitative estimate of drug-likeness (QED) is 0.895. The molecule has 136 valence electrons. The molecule has 2 aliphatic heterocycles. The van der Waals surface area contributed by atoms with Gasteiger partial charge in [-0.05, 0) is 26.7 Å². The summed E-state index contributed by atoms with van der Waals surface area (Å²) in [5.74, 6) is 1.52. The first kappa shape index (κ1) is 15.9. The van der Waals surface area contributed by atoms with Crippen LogP contribution in [0.4, 0.5) is 0 Å². The Balaban J connectivity index is 1.39. The van der Waals surface area contributed by atoms with Crippen molar-refractivity contribution in [1.29, 1.82) is 0 Å². The molecule has 7 heteroatoms. The van der Waals surface area contributed by atoms with Gasteiger partial charge in [-0.25, -0.2) is 9.97 Å². The lowest BCUT2D eigenvalue weighted by molar-refractivity contribution is -0.00702. The average Bonchev–Trinajstić information content (AvgIpc) is 3.40. The van der Waals surface area contributed by atoms with Crippen LogP contribution in [-0.4, -0.2) is 43.6 Å². The van der Waals surface area contributed by atoms with E-state index in [4.69, 9.17) is 9.72 Å². The van der Waals surface area contributed by atoms with E-state index in [0.717, 1.165) is 41.2 Å². The second-order valence-corrected chi connectivity index (χ2v) is 7.71. The summed E-state index contributed by atoms with van der Waals surface area (Å²) in [5.41, 5.74) is 4.64. The van der Waals surface area contributed by atoms with E-state index in [1.807, 2.05) is 24.9 Å². The normalized spacial score (nSPS) is 24.9. The Labute approximate surface area is 152 Å². The molecule has 26 heavy (non-hydrogen) atoms. The molecule has 7 nitrogen and oxygen atoms in total. The van der Waals surface area contributed by atoms with E-state index < -0.39 is 0 Å². The van der Waals surface area contributed by atoms with Gasteiger partial charge >= 0.3 is 0 Å². The fourth-order valence-electron chi connectivity index (χ4n) is 4.04. The predicted octanol–water partition coefficient (Wildman–Crippen LogP) is 2.30. The number of carbonyl (C=O) groups excluding carboxylic acids is 1. The molecule has 5 rings (SSSR count). The van der Waals surface area contributed by atoms with E-state index in [1.165, 1.54) is 12.8 Å². The summed E-state index contributed by atoms with van der Waals surface area (Å²) >= 11 is 0. The number of amides is 1. The molecule has 1 fully saturated rings. The molecule has 0 aromatic carbocycles. The number of nitrogens with zero attached hydrogens (tertiary/aromatic N) is 4. The maximum atomic E-state index is 13.1. The third-order valence-corrected chi connectivity index (χ3v) is 5.62. The van der Waals surface area contributed by atoms with Gasteiger partial charge in [0.25, 0.3) is 5.91 Å². The van der Waals surface area contributed by atoms with Crippen LogP contribution in [0, 0.1) is 0 Å². The summed E-state index contributed by atoms with van der Waals surface area (Å²) in [6.45, 7) is 5.26. The van der Waals surface area contributed by atoms with Crippen molar-refractivity contribution in [2.24, 2.45) is 0 Å². The molecule has 0 radical (unpaired) electrons. The summed E-state index contributed by atoms with van der Waals surface area (Å²) in [4.78, 5) is 24.2. The monoisotopic (exact) mass is 353 g/mol. The molecule has 1 amide bonds. The number of aromatic amines is 1. The number of H-pyrrole nitrogens is 1. The van der Waals surface area contributed by atoms with E-state index in [9.17, 15) is 4.79 Å². The van der Waals surface area contributed by atoms with Gasteiger partial charge < -0.3 is 9.64 Å². The molecule has 1 aliphatic carbocycles. The van der Waals surface area contributed by atoms with Gasteiger partial charge in [0.1, 0.15) is 5.82 Å². The Hall–Kier alpha value is -2.28. The lowest BCUT2D eigenvalue weighted by Crippen LogP contribution is -2.37. The largest absolute Gasteiger partial charge is 0.369 e. The molecule has 0 bridgehead atoms. The Morgan fingerprint density at radius 2 is 2.19 bits per heavy atom. The number of ether oxygens (including phenoxy) is 1. The van der Waals surface area contributed by atoms with Crippen molar-refractivity contribution >= 4 is 5.91 Å². The Morgan fingerprint density at radius 1 is 1.35 bits per heavy atom. The summed E-state index contributed by atoms with van der Waals surface area (Å²) < 4.78 is 5.82. The maximum absolute atomic E-state index is 13.1. The van der Waals surface area contributed by atoms with Crippen LogP contribution in [0.1, 0.15) is 77.5 Å². The van der Waals surface area contributed by atoms with Crippen molar-refractivity contribution in [3.63, 3.8) is 0 Å². The highest BCUT2D eigenvalue weighted by Gasteiger charge is 2.33. The highest BCUT2D eigenvalue weighted by atomic mass is 16.5. The van der Waals surface area contributed by atoms with Gasteiger partial charge in [-0.15, -0.1) is 0 Å². The lowest BCUT2D eigenvalue weighted by atomic mass is 9.98. The molecular formula is C19H23N5O2. The zero-order valence-electron chi connectivity index (χ0n) is 15.2. The summed E-state index contributed by atoms with van der Waals surface area (Å²) in [6.07, 6.45) is 5.86. The van der Waals surface area contributed by atoms with E-state index in [-0.39, 0.29) is 18.1 Å². The zero-order chi connectivity index (χ0) is 17.8. The predicted molar refractivity (Wildman–Crippen MR) is 93.7 cm³/mol. The highest BCUT2D eigenvalue weighted by Crippen LogP contribution is 2.38. The number of fused-ring (bicyclic) bond motifs is 2. The van der Waals surface area contributed by atoms with E-state index >= 15 is 0 Å². The van der Waals surface area contributed by atoms with E-state index in [2.05, 4.69) is 15.2 Å². The molecule has 1 saturated carbocycles. The minimum Gasteiger partial charge on any atom is -0.369 e. The Kier molecular flexibility index (Phi) is 3.60. The second-order valence-electron chi connectivity index (χ2n) is 7.71. The second kappa shape index (κ2) is 5.87. The first-order valence-electron chi connectivity index (χ1n) is 9.46. The molecular weight excluding hydrogens is 330 g/mol. The molecule has 2 atom stereocenters. The minimum atomic E-state index is -0.0564. The number of nitrogens with one attached hydrogen (secondary N) is 1. The fourth-order valence-corrected chi connectivity index (χ4v) is 4.04. The molecule has 0 spiro atoms. The number of rotatable bonds is 2. The Bertz CT molecular complexity index is 873. The zero-order valence-corrected chi connectivity index (χ0v) is 15.2. The van der Waals surface area contributed by atoms with Crippen LogP contribution in [0.5, 0.6) is 0 Å². The Morgan fingerprint density at radius 3 is 3.00 bits per heavy atom. The van der Waals surface area contributed by atoms with Gasteiger partial charge in [0, 0.05) is 49.2 Å². The van der Waals surface area contributed by atoms with Gasteiger partial charge in [0.2, 0.25) is 0 Å². The van der Waals surface area contributed by atoms with Crippen LogP contribution in [0.3, 0.4) is 0 Å². The first-order chi connectivity index (χ1) is 12.6. The van der Waals surface area contributed by atoms with Crippen molar-refractivity contribution in [1.82, 2.24) is 25.1 Å². The van der Waals surface area contributed by atoms with Crippen molar-refractivity contribution in [2.75, 3.05) is 6.54 Å². The van der Waals surface area contributed by atoms with Gasteiger partial charge in [-0.1, -0.05) is 0 Å². The molecule has 0 saturated heterocycles. The third-order valence-electron chi connectivity index (χ3n) is 5.62. The summed E-state index contributed by atoms with van der Waals surface area (Å²) in [7, 11) is 0. The topological polar surface area (TPSA) is 84.0 Å². The van der Waals surface area contributed by atoms with Gasteiger partial charge in [-0.3, -0.25) is 9.89 Å². The molecule has 1 N–H and O–H groups in total. The molecule has 4 heterocycles. The summed E-state index contributed by atoms with van der Waals surface area (Å²) in [5, 5.41) is 7.35. The van der Waals surface area contributed by atoms with Crippen LogP contribution in [0.15, 0.2) is 6.20 Å². The van der Waals surface area contributed by atoms with Crippen LogP contribution >= 0.6 is 0 Å². The number of carbonyl (C=O) groups is 1. The third kappa shape index (κ3) is 2.61. The van der Waals surface area contributed by atoms with Gasteiger partial charge in [0.05, 0.1) is 23.6 Å². The van der Waals surface area contributed by atoms with Gasteiger partial charge in [-0.2, -0.15) is 5.10 Å². The molecule has 2 aromatic rings. The summed E-state index contributed by atoms with van der Waals surface area (Å²) in [6, 6.07) is 0. The SMILES string of the molecule is C[C@@H]1Cc2c(C(=O)N3CCc4nc(C5CC5)ncc4C3)n[nH]c2[C@H](C)O1. The highest BCUT2D eigenvalue weighted by molar-refractivity contribution is 5.94. The van der Waals surface area contributed by atoms with Crippen LogP contribution < -0.4 is 0 Å². The van der Waals surface area contributed by atoms with E-state index in [0.29, 0.717) is 24.7 Å². The van der Waals surface area contributed by atoms with Crippen LogP contribution in [-0.2, 0) is 24.1 Å². The minimum absolute atomic E-state index is 0.0132. The maximum Gasteiger partial charge on any atom is 0.274 e. The molecule has 3 aliphatic rings. The van der Waals surface area contributed by atoms with Crippen molar-refractivity contribution < 1.29 is 9.53 Å². The standard InChI is InChI=1S/C19H23N5O2/c1-10-7-14-16(11(2)26-10)22-23-17(14)19(25)24-6-5-15-13(9-24)8-20-18(21-15)12-3-4-12/h8,10-12H,3-7,9H2,1-2H3,(H,22,23)/t10-,11+/m1/s1. The van der Waals surface area contributed by atoms with Crippen LogP contribution in [0.25, 0.3) is 0 Å². The van der Waals surface area contributed by atoms with E-state index in [1.54, 1.807) is 0 Å². The van der Waals surface area contributed by atoms with Gasteiger partial charge in [0.15, 0.2) is 5.69 Å². The van der Waals surface area contributed by atoms with Crippen molar-refractivity contribution in [2.45, 2.75) is 64.2 Å².